The Balaban J connectivity index is 3.10. The third-order valence-electron chi connectivity index (χ3n) is 2.25. The molecule has 6 heteroatoms. The molecule has 2 N–H and O–H groups in total. The van der Waals surface area contributed by atoms with Gasteiger partial charge in [0, 0.05) is 18.8 Å². The van der Waals surface area contributed by atoms with Gasteiger partial charge in [-0.2, -0.15) is 13.2 Å². The Morgan fingerprint density at radius 1 is 1.35 bits per heavy atom. The molecule has 17 heavy (non-hydrogen) atoms. The van der Waals surface area contributed by atoms with E-state index in [0.29, 0.717) is 10.5 Å². The summed E-state index contributed by atoms with van der Waals surface area (Å²) in [5.41, 5.74) is 6.07. The summed E-state index contributed by atoms with van der Waals surface area (Å²) in [6, 6.07) is 6.38. The number of halogens is 3. The van der Waals surface area contributed by atoms with Crippen molar-refractivity contribution >= 4 is 11.6 Å². The molecule has 0 saturated carbocycles. The quantitative estimate of drug-likeness (QED) is 0.884. The lowest BCUT2D eigenvalue weighted by atomic mass is 10.2. The fourth-order valence-electron chi connectivity index (χ4n) is 1.48. The lowest BCUT2D eigenvalue weighted by Crippen LogP contribution is -2.44. The predicted octanol–water partition coefficient (Wildman–Crippen LogP) is 1.85. The van der Waals surface area contributed by atoms with Crippen LogP contribution in [-0.2, 0) is 4.79 Å². The Bertz CT molecular complexity index is 404. The maximum absolute atomic E-state index is 12.4. The van der Waals surface area contributed by atoms with Gasteiger partial charge >= 0.3 is 12.1 Å². The number of nitrogens with zero attached hydrogens (tertiary/aromatic N) is 1. The largest absolute Gasteiger partial charge is 0.471 e. The van der Waals surface area contributed by atoms with Crippen molar-refractivity contribution in [3.63, 3.8) is 0 Å². The van der Waals surface area contributed by atoms with Gasteiger partial charge in [0.25, 0.3) is 0 Å². The zero-order valence-electron chi connectivity index (χ0n) is 9.29. The molecule has 0 aliphatic carbocycles. The van der Waals surface area contributed by atoms with Crippen LogP contribution < -0.4 is 10.6 Å². The van der Waals surface area contributed by atoms with Crippen LogP contribution in [0.5, 0.6) is 0 Å². The first-order chi connectivity index (χ1) is 7.88. The zero-order chi connectivity index (χ0) is 13.1. The van der Waals surface area contributed by atoms with Crippen LogP contribution >= 0.6 is 0 Å². The van der Waals surface area contributed by atoms with Gasteiger partial charge < -0.3 is 10.6 Å². The number of nitrogens with two attached hydrogens (primary N) is 1. The highest BCUT2D eigenvalue weighted by Crippen LogP contribution is 2.25. The highest BCUT2D eigenvalue weighted by atomic mass is 19.4. The molecule has 3 nitrogen and oxygen atoms in total. The molecule has 0 bridgehead atoms. The van der Waals surface area contributed by atoms with E-state index in [-0.39, 0.29) is 18.8 Å². The number of alkyl halides is 3. The van der Waals surface area contributed by atoms with E-state index in [4.69, 9.17) is 5.73 Å². The molecule has 1 aromatic rings. The van der Waals surface area contributed by atoms with E-state index in [0.717, 1.165) is 0 Å². The minimum atomic E-state index is -4.89. The number of amides is 1. The minimum absolute atomic E-state index is 0.0316. The molecule has 0 aliphatic rings. The zero-order valence-corrected chi connectivity index (χ0v) is 9.29. The van der Waals surface area contributed by atoms with E-state index in [1.54, 1.807) is 25.1 Å². The number of anilines is 1. The Labute approximate surface area is 97.0 Å². The van der Waals surface area contributed by atoms with Crippen LogP contribution in [0.15, 0.2) is 24.3 Å². The second-order valence-corrected chi connectivity index (χ2v) is 3.53. The number of aryl methyl sites for hydroxylation is 1. The molecule has 0 saturated heterocycles. The molecule has 1 amide bonds. The second kappa shape index (κ2) is 5.18. The number of para-hydroxylation sites is 1. The van der Waals surface area contributed by atoms with Gasteiger partial charge in [0.2, 0.25) is 0 Å². The summed E-state index contributed by atoms with van der Waals surface area (Å²) in [6.07, 6.45) is -4.89. The van der Waals surface area contributed by atoms with E-state index in [1.807, 2.05) is 0 Å². The standard InChI is InChI=1S/C11H13F3N2O/c1-8-4-2-3-5-9(8)16(7-6-15)10(17)11(12,13)14/h2-5H,6-7,15H2,1H3. The molecule has 0 aromatic heterocycles. The minimum Gasteiger partial charge on any atom is -0.329 e. The topological polar surface area (TPSA) is 46.3 Å². The van der Waals surface area contributed by atoms with Crippen molar-refractivity contribution in [2.45, 2.75) is 13.1 Å². The molecule has 0 spiro atoms. The van der Waals surface area contributed by atoms with Crippen molar-refractivity contribution < 1.29 is 18.0 Å². The average molecular weight is 246 g/mol. The van der Waals surface area contributed by atoms with Gasteiger partial charge in [0.05, 0.1) is 0 Å². The van der Waals surface area contributed by atoms with Gasteiger partial charge in [-0.05, 0) is 18.6 Å². The van der Waals surface area contributed by atoms with Gasteiger partial charge in [-0.15, -0.1) is 0 Å². The molecule has 0 heterocycles. The third-order valence-corrected chi connectivity index (χ3v) is 2.25. The van der Waals surface area contributed by atoms with Gasteiger partial charge in [-0.3, -0.25) is 4.79 Å². The van der Waals surface area contributed by atoms with Gasteiger partial charge in [0.1, 0.15) is 0 Å². The van der Waals surface area contributed by atoms with Crippen LogP contribution in [-0.4, -0.2) is 25.2 Å². The van der Waals surface area contributed by atoms with Crippen LogP contribution in [0.2, 0.25) is 0 Å². The van der Waals surface area contributed by atoms with Crippen LogP contribution in [0.3, 0.4) is 0 Å². The Kier molecular flexibility index (Phi) is 4.11. The second-order valence-electron chi connectivity index (χ2n) is 3.53. The molecular formula is C11H13F3N2O. The number of carbonyl (C=O) groups is 1. The summed E-state index contributed by atoms with van der Waals surface area (Å²) in [5, 5.41) is 0. The van der Waals surface area contributed by atoms with Crippen molar-refractivity contribution in [1.29, 1.82) is 0 Å². The van der Waals surface area contributed by atoms with Crippen LogP contribution in [0.25, 0.3) is 0 Å². The molecular weight excluding hydrogens is 233 g/mol. The van der Waals surface area contributed by atoms with Crippen molar-refractivity contribution in [3.05, 3.63) is 29.8 Å². The number of benzene rings is 1. The van der Waals surface area contributed by atoms with Gasteiger partial charge in [0.15, 0.2) is 0 Å². The monoisotopic (exact) mass is 246 g/mol. The van der Waals surface area contributed by atoms with Crippen LogP contribution in [0.1, 0.15) is 5.56 Å². The molecule has 0 fully saturated rings. The van der Waals surface area contributed by atoms with Crippen LogP contribution in [0.4, 0.5) is 18.9 Å². The number of hydrogen-bond donors (Lipinski definition) is 1. The summed E-state index contributed by atoms with van der Waals surface area (Å²) in [7, 11) is 0. The van der Waals surface area contributed by atoms with Gasteiger partial charge in [-0.25, -0.2) is 0 Å². The lowest BCUT2D eigenvalue weighted by molar-refractivity contribution is -0.170. The highest BCUT2D eigenvalue weighted by Gasteiger charge is 2.43. The summed E-state index contributed by atoms with van der Waals surface area (Å²) < 4.78 is 37.2. The van der Waals surface area contributed by atoms with E-state index in [1.165, 1.54) is 6.07 Å². The van der Waals surface area contributed by atoms with Gasteiger partial charge in [-0.1, -0.05) is 18.2 Å². The van der Waals surface area contributed by atoms with Crippen LogP contribution in [0, 0.1) is 6.92 Å². The van der Waals surface area contributed by atoms with E-state index >= 15 is 0 Å². The maximum atomic E-state index is 12.4. The predicted molar refractivity (Wildman–Crippen MR) is 58.6 cm³/mol. The first-order valence-corrected chi connectivity index (χ1v) is 5.02. The molecule has 1 aromatic carbocycles. The molecule has 0 atom stereocenters. The molecule has 0 radical (unpaired) electrons. The normalized spacial score (nSPS) is 11.4. The Morgan fingerprint density at radius 3 is 2.41 bits per heavy atom. The molecule has 94 valence electrons. The number of rotatable bonds is 3. The smallest absolute Gasteiger partial charge is 0.329 e. The lowest BCUT2D eigenvalue weighted by Gasteiger charge is -2.24. The summed E-state index contributed by atoms with van der Waals surface area (Å²) in [5.74, 6) is -1.89. The van der Waals surface area contributed by atoms with E-state index in [9.17, 15) is 18.0 Å². The Morgan fingerprint density at radius 2 is 1.94 bits per heavy atom. The number of carbonyl (C=O) groups excluding carboxylic acids is 1. The first-order valence-electron chi connectivity index (χ1n) is 5.02. The van der Waals surface area contributed by atoms with Crippen molar-refractivity contribution in [1.82, 2.24) is 0 Å². The highest BCUT2D eigenvalue weighted by molar-refractivity contribution is 5.97. The fourth-order valence-corrected chi connectivity index (χ4v) is 1.48. The third kappa shape index (κ3) is 3.20. The number of hydrogen-bond acceptors (Lipinski definition) is 2. The molecule has 0 unspecified atom stereocenters. The SMILES string of the molecule is Cc1ccccc1N(CCN)C(=O)C(F)(F)F. The van der Waals surface area contributed by atoms with E-state index in [2.05, 4.69) is 0 Å². The van der Waals surface area contributed by atoms with Crippen molar-refractivity contribution in [2.75, 3.05) is 18.0 Å². The maximum Gasteiger partial charge on any atom is 0.471 e. The summed E-state index contributed by atoms with van der Waals surface area (Å²) in [6.45, 7) is 1.45. The molecule has 0 aliphatic heterocycles. The fraction of sp³-hybridized carbons (Fsp3) is 0.364. The first kappa shape index (κ1) is 13.5. The Hall–Kier alpha value is -1.56. The van der Waals surface area contributed by atoms with Crippen molar-refractivity contribution in [3.8, 4) is 0 Å². The summed E-state index contributed by atoms with van der Waals surface area (Å²) in [4.78, 5) is 11.9. The summed E-state index contributed by atoms with van der Waals surface area (Å²) >= 11 is 0. The van der Waals surface area contributed by atoms with E-state index < -0.39 is 12.1 Å². The van der Waals surface area contributed by atoms with Crippen molar-refractivity contribution in [2.24, 2.45) is 5.73 Å². The average Bonchev–Trinajstić information content (AvgIpc) is 2.25. The molecule has 1 rings (SSSR count).